The molecule has 0 N–H and O–H groups in total. The van der Waals surface area contributed by atoms with Gasteiger partial charge in [-0.25, -0.2) is 18.6 Å². The third kappa shape index (κ3) is 3.98. The molecule has 0 radical (unpaired) electrons. The Morgan fingerprint density at radius 2 is 1.74 bits per heavy atom. The van der Waals surface area contributed by atoms with E-state index >= 15 is 0 Å². The second-order valence-electron chi connectivity index (χ2n) is 6.91. The lowest BCUT2D eigenvalue weighted by Gasteiger charge is -2.24. The molecule has 1 aromatic heterocycles. The van der Waals surface area contributed by atoms with E-state index in [1.807, 2.05) is 0 Å². The number of fused-ring (bicyclic) bond motifs is 1. The Kier molecular flexibility index (Phi) is 5.65. The van der Waals surface area contributed by atoms with Crippen LogP contribution in [0.15, 0.2) is 69.6 Å². The number of carbonyl (C=O) groups is 1. The van der Waals surface area contributed by atoms with Gasteiger partial charge in [-0.3, -0.25) is 9.36 Å². The van der Waals surface area contributed by atoms with E-state index in [1.54, 1.807) is 32.1 Å². The summed E-state index contributed by atoms with van der Waals surface area (Å²) in [4.78, 5) is 31.0. The van der Waals surface area contributed by atoms with Crippen LogP contribution in [0, 0.1) is 11.6 Å². The number of ether oxygens (including phenoxy) is 1. The fraction of sp³-hybridized carbons (Fsp3) is 0.174. The molecule has 0 saturated heterocycles. The summed E-state index contributed by atoms with van der Waals surface area (Å²) in [6, 6.07) is 10.6. The fourth-order valence-corrected chi connectivity index (χ4v) is 4.51. The van der Waals surface area contributed by atoms with Crippen LogP contribution < -0.4 is 14.9 Å². The molecule has 0 aliphatic carbocycles. The van der Waals surface area contributed by atoms with Crippen molar-refractivity contribution in [1.29, 1.82) is 0 Å². The number of halogens is 2. The van der Waals surface area contributed by atoms with E-state index in [4.69, 9.17) is 4.74 Å². The molecule has 0 saturated carbocycles. The van der Waals surface area contributed by atoms with Crippen molar-refractivity contribution in [2.75, 3.05) is 6.61 Å². The molecule has 8 heteroatoms. The SMILES string of the molecule is CCOC(=O)C1=C(C)N=c2s/c(=C\c3ccc(F)cc3)c(=O)n2C1c1ccc(F)cc1. The Bertz CT molecular complexity index is 1350. The van der Waals surface area contributed by atoms with Crippen LogP contribution in [0.5, 0.6) is 0 Å². The highest BCUT2D eigenvalue weighted by Crippen LogP contribution is 2.30. The Morgan fingerprint density at radius 1 is 1.13 bits per heavy atom. The minimum atomic E-state index is -0.800. The molecule has 2 heterocycles. The van der Waals surface area contributed by atoms with Crippen molar-refractivity contribution in [3.63, 3.8) is 0 Å². The molecular formula is C23H18F2N2O3S. The van der Waals surface area contributed by atoms with E-state index in [9.17, 15) is 18.4 Å². The zero-order valence-electron chi connectivity index (χ0n) is 16.8. The van der Waals surface area contributed by atoms with E-state index in [-0.39, 0.29) is 23.6 Å². The number of nitrogens with zero attached hydrogens (tertiary/aromatic N) is 2. The number of carbonyl (C=O) groups excluding carboxylic acids is 1. The summed E-state index contributed by atoms with van der Waals surface area (Å²) in [6.07, 6.45) is 1.65. The van der Waals surface area contributed by atoms with Crippen molar-refractivity contribution in [2.45, 2.75) is 19.9 Å². The van der Waals surface area contributed by atoms with Crippen LogP contribution in [0.1, 0.15) is 31.0 Å². The molecule has 1 atom stereocenters. The molecule has 1 aliphatic heterocycles. The van der Waals surface area contributed by atoms with Crippen LogP contribution in [0.3, 0.4) is 0 Å². The molecule has 5 nitrogen and oxygen atoms in total. The van der Waals surface area contributed by atoms with Crippen LogP contribution in [0.2, 0.25) is 0 Å². The number of allylic oxidation sites excluding steroid dienone is 1. The van der Waals surface area contributed by atoms with Gasteiger partial charge in [0.25, 0.3) is 5.56 Å². The zero-order chi connectivity index (χ0) is 22.1. The van der Waals surface area contributed by atoms with E-state index < -0.39 is 17.8 Å². The first-order valence-corrected chi connectivity index (χ1v) is 10.4. The van der Waals surface area contributed by atoms with Gasteiger partial charge >= 0.3 is 5.97 Å². The molecule has 1 unspecified atom stereocenters. The molecule has 4 rings (SSSR count). The van der Waals surface area contributed by atoms with Crippen molar-refractivity contribution in [3.05, 3.63) is 102 Å². The van der Waals surface area contributed by atoms with Gasteiger partial charge in [-0.15, -0.1) is 0 Å². The van der Waals surface area contributed by atoms with Gasteiger partial charge in [0.1, 0.15) is 11.6 Å². The van der Waals surface area contributed by atoms with Crippen molar-refractivity contribution in [2.24, 2.45) is 4.99 Å². The smallest absolute Gasteiger partial charge is 0.338 e. The molecule has 31 heavy (non-hydrogen) atoms. The van der Waals surface area contributed by atoms with Gasteiger partial charge in [-0.2, -0.15) is 0 Å². The lowest BCUT2D eigenvalue weighted by molar-refractivity contribution is -0.139. The Morgan fingerprint density at radius 3 is 2.35 bits per heavy atom. The number of benzene rings is 2. The molecule has 0 amide bonds. The summed E-state index contributed by atoms with van der Waals surface area (Å²) in [7, 11) is 0. The second-order valence-corrected chi connectivity index (χ2v) is 7.91. The zero-order valence-corrected chi connectivity index (χ0v) is 17.6. The van der Waals surface area contributed by atoms with Crippen LogP contribution in [0.25, 0.3) is 6.08 Å². The number of aromatic nitrogens is 1. The van der Waals surface area contributed by atoms with E-state index in [2.05, 4.69) is 4.99 Å². The standard InChI is InChI=1S/C23H18F2N2O3S/c1-3-30-22(29)19-13(2)26-23-27(20(19)15-6-10-17(25)11-7-15)21(28)18(31-23)12-14-4-8-16(24)9-5-14/h4-12,20H,3H2,1-2H3/b18-12-. The van der Waals surface area contributed by atoms with Gasteiger partial charge in [0, 0.05) is 0 Å². The lowest BCUT2D eigenvalue weighted by Crippen LogP contribution is -2.39. The van der Waals surface area contributed by atoms with Gasteiger partial charge in [0.05, 0.1) is 28.5 Å². The predicted molar refractivity (Wildman–Crippen MR) is 113 cm³/mol. The summed E-state index contributed by atoms with van der Waals surface area (Å²) < 4.78 is 33.8. The van der Waals surface area contributed by atoms with Gasteiger partial charge in [-0.05, 0) is 55.3 Å². The third-order valence-corrected chi connectivity index (χ3v) is 5.85. The van der Waals surface area contributed by atoms with Gasteiger partial charge in [-0.1, -0.05) is 35.6 Å². The molecule has 0 spiro atoms. The number of esters is 1. The first-order valence-electron chi connectivity index (χ1n) is 9.59. The van der Waals surface area contributed by atoms with Crippen molar-refractivity contribution in [3.8, 4) is 0 Å². The Hall–Kier alpha value is -3.39. The molecule has 158 valence electrons. The molecular weight excluding hydrogens is 422 g/mol. The maximum atomic E-state index is 13.5. The molecule has 0 bridgehead atoms. The number of thiazole rings is 1. The first kappa shape index (κ1) is 20.9. The van der Waals surface area contributed by atoms with Gasteiger partial charge in [0.15, 0.2) is 4.80 Å². The van der Waals surface area contributed by atoms with E-state index in [0.29, 0.717) is 26.2 Å². The minimum absolute atomic E-state index is 0.167. The summed E-state index contributed by atoms with van der Waals surface area (Å²) in [5.74, 6) is -1.37. The summed E-state index contributed by atoms with van der Waals surface area (Å²) in [5, 5.41) is 0. The van der Waals surface area contributed by atoms with Crippen LogP contribution in [-0.4, -0.2) is 17.1 Å². The number of hydrogen-bond acceptors (Lipinski definition) is 5. The van der Waals surface area contributed by atoms with E-state index in [1.165, 1.54) is 52.3 Å². The fourth-order valence-electron chi connectivity index (χ4n) is 3.46. The normalized spacial score (nSPS) is 16.1. The van der Waals surface area contributed by atoms with Crippen molar-refractivity contribution in [1.82, 2.24) is 4.57 Å². The third-order valence-electron chi connectivity index (χ3n) is 4.87. The summed E-state index contributed by atoms with van der Waals surface area (Å²) in [5.41, 5.74) is 1.53. The Labute approximate surface area is 180 Å². The van der Waals surface area contributed by atoms with Gasteiger partial charge in [0.2, 0.25) is 0 Å². The maximum Gasteiger partial charge on any atom is 0.338 e. The van der Waals surface area contributed by atoms with Crippen LogP contribution in [0.4, 0.5) is 8.78 Å². The Balaban J connectivity index is 1.94. The van der Waals surface area contributed by atoms with Crippen LogP contribution in [-0.2, 0) is 9.53 Å². The minimum Gasteiger partial charge on any atom is -0.463 e. The molecule has 0 fully saturated rings. The topological polar surface area (TPSA) is 60.7 Å². The van der Waals surface area contributed by atoms with Crippen LogP contribution >= 0.6 is 11.3 Å². The first-order chi connectivity index (χ1) is 14.9. The number of rotatable bonds is 4. The monoisotopic (exact) mass is 440 g/mol. The molecule has 3 aromatic rings. The maximum absolute atomic E-state index is 13.5. The van der Waals surface area contributed by atoms with Crippen molar-refractivity contribution < 1.29 is 18.3 Å². The average Bonchev–Trinajstić information content (AvgIpc) is 3.04. The quantitative estimate of drug-likeness (QED) is 0.586. The highest BCUT2D eigenvalue weighted by molar-refractivity contribution is 7.07. The molecule has 2 aromatic carbocycles. The highest BCUT2D eigenvalue weighted by atomic mass is 32.1. The second kappa shape index (κ2) is 8.39. The van der Waals surface area contributed by atoms with E-state index in [0.717, 1.165) is 0 Å². The number of hydrogen-bond donors (Lipinski definition) is 0. The summed E-state index contributed by atoms with van der Waals surface area (Å²) in [6.45, 7) is 3.54. The summed E-state index contributed by atoms with van der Waals surface area (Å²) >= 11 is 1.17. The van der Waals surface area contributed by atoms with Crippen molar-refractivity contribution >= 4 is 23.4 Å². The average molecular weight is 440 g/mol. The largest absolute Gasteiger partial charge is 0.463 e. The van der Waals surface area contributed by atoms with Gasteiger partial charge < -0.3 is 4.74 Å². The molecule has 1 aliphatic rings. The highest BCUT2D eigenvalue weighted by Gasteiger charge is 2.33. The predicted octanol–water partition coefficient (Wildman–Crippen LogP) is 3.08. The lowest BCUT2D eigenvalue weighted by atomic mass is 9.96.